The molecule has 1 aromatic heterocycles. The number of likely N-dealkylation sites (tertiary alicyclic amines) is 1. The average molecular weight is 355 g/mol. The minimum Gasteiger partial charge on any atom is -0.505 e. The van der Waals surface area contributed by atoms with Crippen LogP contribution in [0.25, 0.3) is 11.0 Å². The van der Waals surface area contributed by atoms with Crippen LogP contribution in [0.1, 0.15) is 30.3 Å². The molecular formula is C20H22FN3O2. The first-order valence-electron chi connectivity index (χ1n) is 8.88. The maximum atomic E-state index is 13.9. The molecule has 2 aromatic carbocycles. The van der Waals surface area contributed by atoms with Gasteiger partial charge in [0, 0.05) is 18.7 Å². The number of phenols is 1. The number of fused-ring (bicyclic) bond motifs is 1. The van der Waals surface area contributed by atoms with Crippen molar-refractivity contribution in [3.05, 3.63) is 59.7 Å². The number of H-pyrrole nitrogens is 1. The minimum atomic E-state index is -0.657. The summed E-state index contributed by atoms with van der Waals surface area (Å²) in [6.07, 6.45) is 1.17. The minimum absolute atomic E-state index is 0.0343. The number of benzene rings is 2. The topological polar surface area (TPSA) is 61.4 Å². The molecule has 0 spiro atoms. The predicted octanol–water partition coefficient (Wildman–Crippen LogP) is 3.61. The second kappa shape index (κ2) is 7.05. The average Bonchev–Trinajstić information content (AvgIpc) is 3.08. The smallest absolute Gasteiger partial charge is 0.165 e. The normalized spacial score (nSPS) is 17.6. The van der Waals surface area contributed by atoms with E-state index in [0.29, 0.717) is 11.4 Å². The van der Waals surface area contributed by atoms with E-state index in [1.54, 1.807) is 12.1 Å². The third-order valence-corrected chi connectivity index (χ3v) is 4.95. The molecule has 0 unspecified atom stereocenters. The number of hydrogen-bond donors (Lipinski definition) is 2. The zero-order valence-electron chi connectivity index (χ0n) is 14.7. The second-order valence-electron chi connectivity index (χ2n) is 6.84. The molecule has 26 heavy (non-hydrogen) atoms. The van der Waals surface area contributed by atoms with Crippen molar-refractivity contribution in [2.45, 2.75) is 25.0 Å². The first kappa shape index (κ1) is 17.0. The van der Waals surface area contributed by atoms with Gasteiger partial charge in [0.15, 0.2) is 11.6 Å². The van der Waals surface area contributed by atoms with Crippen LogP contribution in [-0.4, -0.2) is 46.2 Å². The summed E-state index contributed by atoms with van der Waals surface area (Å²) in [4.78, 5) is 10.1. The van der Waals surface area contributed by atoms with Crippen molar-refractivity contribution in [1.82, 2.24) is 14.9 Å². The number of hydrogen-bond acceptors (Lipinski definition) is 4. The maximum Gasteiger partial charge on any atom is 0.165 e. The van der Waals surface area contributed by atoms with Crippen molar-refractivity contribution < 1.29 is 14.2 Å². The number of para-hydroxylation sites is 3. The zero-order chi connectivity index (χ0) is 18.1. The molecule has 1 fully saturated rings. The van der Waals surface area contributed by atoms with Gasteiger partial charge in [0.05, 0.1) is 17.1 Å². The lowest BCUT2D eigenvalue weighted by Gasteiger charge is -2.31. The molecule has 4 rings (SSSR count). The summed E-state index contributed by atoms with van der Waals surface area (Å²) in [7, 11) is 2.09. The molecule has 1 aliphatic heterocycles. The van der Waals surface area contributed by atoms with Crippen LogP contribution in [0, 0.1) is 5.82 Å². The van der Waals surface area contributed by atoms with E-state index in [2.05, 4.69) is 21.9 Å². The Labute approximate surface area is 151 Å². The van der Waals surface area contributed by atoms with Crippen molar-refractivity contribution in [3.63, 3.8) is 0 Å². The number of aromatic nitrogens is 2. The largest absolute Gasteiger partial charge is 0.505 e. The van der Waals surface area contributed by atoms with E-state index in [-0.39, 0.29) is 11.9 Å². The number of nitrogens with one attached hydrogen (secondary N) is 1. The van der Waals surface area contributed by atoms with Crippen LogP contribution in [0.2, 0.25) is 0 Å². The molecule has 6 heteroatoms. The highest BCUT2D eigenvalue weighted by Crippen LogP contribution is 2.35. The fraction of sp³-hybridized carbons (Fsp3) is 0.350. The first-order chi connectivity index (χ1) is 12.6. The lowest BCUT2D eigenvalue weighted by Crippen LogP contribution is -2.35. The highest BCUT2D eigenvalue weighted by Gasteiger charge is 2.28. The van der Waals surface area contributed by atoms with E-state index >= 15 is 0 Å². The fourth-order valence-electron chi connectivity index (χ4n) is 3.44. The number of ether oxygens (including phenoxy) is 1. The summed E-state index contributed by atoms with van der Waals surface area (Å²) in [5.74, 6) is -0.465. The van der Waals surface area contributed by atoms with Crippen LogP contribution >= 0.6 is 0 Å². The zero-order valence-corrected chi connectivity index (χ0v) is 14.7. The molecular weight excluding hydrogens is 333 g/mol. The van der Waals surface area contributed by atoms with E-state index in [1.165, 1.54) is 6.07 Å². The van der Waals surface area contributed by atoms with E-state index in [4.69, 9.17) is 4.74 Å². The van der Waals surface area contributed by atoms with E-state index < -0.39 is 11.9 Å². The number of halogens is 1. The molecule has 5 nitrogen and oxygen atoms in total. The number of aromatic amines is 1. The quantitative estimate of drug-likeness (QED) is 0.751. The first-order valence-corrected chi connectivity index (χ1v) is 8.88. The van der Waals surface area contributed by atoms with Crippen LogP contribution in [-0.2, 0) is 4.74 Å². The molecule has 1 aliphatic rings. The molecule has 2 heterocycles. The van der Waals surface area contributed by atoms with Crippen LogP contribution in [0.3, 0.4) is 0 Å². The van der Waals surface area contributed by atoms with Gasteiger partial charge in [0.2, 0.25) is 0 Å². The van der Waals surface area contributed by atoms with E-state index in [9.17, 15) is 9.50 Å². The molecule has 0 radical (unpaired) electrons. The molecule has 0 aliphatic carbocycles. The van der Waals surface area contributed by atoms with Crippen LogP contribution in [0.4, 0.5) is 4.39 Å². The standard InChI is InChI=1S/C20H22FN3O2/c1-24-11-9-13(10-12-24)26-19(14-5-4-6-15(21)18(14)25)20-22-16-7-2-3-8-17(16)23-20/h2-8,13,19,25H,9-12H2,1H3,(H,22,23)/t19-/m1/s1. The number of aromatic hydroxyl groups is 1. The van der Waals surface area contributed by atoms with Crippen molar-refractivity contribution in [2.24, 2.45) is 0 Å². The summed E-state index contributed by atoms with van der Waals surface area (Å²) < 4.78 is 20.3. The van der Waals surface area contributed by atoms with Gasteiger partial charge < -0.3 is 19.7 Å². The third kappa shape index (κ3) is 3.30. The van der Waals surface area contributed by atoms with Gasteiger partial charge in [-0.25, -0.2) is 9.37 Å². The second-order valence-corrected chi connectivity index (χ2v) is 6.84. The Bertz CT molecular complexity index is 870. The lowest BCUT2D eigenvalue weighted by atomic mass is 10.0. The van der Waals surface area contributed by atoms with Crippen molar-refractivity contribution in [3.8, 4) is 5.75 Å². The fourth-order valence-corrected chi connectivity index (χ4v) is 3.44. The number of phenolic OH excluding ortho intramolecular Hbond substituents is 1. The molecule has 1 saturated heterocycles. The molecule has 2 N–H and O–H groups in total. The van der Waals surface area contributed by atoms with Gasteiger partial charge in [-0.3, -0.25) is 0 Å². The number of piperidine rings is 1. The van der Waals surface area contributed by atoms with Crippen molar-refractivity contribution in [1.29, 1.82) is 0 Å². The summed E-state index contributed by atoms with van der Waals surface area (Å²) in [6.45, 7) is 1.90. The predicted molar refractivity (Wildman–Crippen MR) is 97.6 cm³/mol. The highest BCUT2D eigenvalue weighted by molar-refractivity contribution is 5.75. The summed E-state index contributed by atoms with van der Waals surface area (Å²) in [5, 5.41) is 10.3. The Morgan fingerprint density at radius 3 is 2.73 bits per heavy atom. The SMILES string of the molecule is CN1CCC(O[C@@H](c2nc3ccccc3[nH]2)c2cccc(F)c2O)CC1. The molecule has 1 atom stereocenters. The number of imidazole rings is 1. The van der Waals surface area contributed by atoms with Gasteiger partial charge in [0.1, 0.15) is 11.9 Å². The third-order valence-electron chi connectivity index (χ3n) is 4.95. The van der Waals surface area contributed by atoms with Crippen molar-refractivity contribution in [2.75, 3.05) is 20.1 Å². The summed E-state index contributed by atoms with van der Waals surface area (Å²) in [5.41, 5.74) is 2.09. The van der Waals surface area contributed by atoms with E-state index in [1.807, 2.05) is 24.3 Å². The van der Waals surface area contributed by atoms with Crippen LogP contribution < -0.4 is 0 Å². The van der Waals surface area contributed by atoms with Crippen molar-refractivity contribution >= 4 is 11.0 Å². The Morgan fingerprint density at radius 2 is 1.96 bits per heavy atom. The van der Waals surface area contributed by atoms with Gasteiger partial charge in [-0.05, 0) is 38.1 Å². The molecule has 0 amide bonds. The van der Waals surface area contributed by atoms with Crippen LogP contribution in [0.5, 0.6) is 5.75 Å². The molecule has 3 aromatic rings. The summed E-state index contributed by atoms with van der Waals surface area (Å²) >= 11 is 0. The number of rotatable bonds is 4. The van der Waals surface area contributed by atoms with E-state index in [0.717, 1.165) is 37.0 Å². The van der Waals surface area contributed by atoms with Gasteiger partial charge in [-0.1, -0.05) is 24.3 Å². The number of nitrogens with zero attached hydrogens (tertiary/aromatic N) is 2. The molecule has 0 bridgehead atoms. The van der Waals surface area contributed by atoms with Gasteiger partial charge in [-0.15, -0.1) is 0 Å². The molecule has 0 saturated carbocycles. The van der Waals surface area contributed by atoms with Gasteiger partial charge in [0.25, 0.3) is 0 Å². The summed E-state index contributed by atoms with van der Waals surface area (Å²) in [6, 6.07) is 12.2. The van der Waals surface area contributed by atoms with Crippen LogP contribution in [0.15, 0.2) is 42.5 Å². The Balaban J connectivity index is 1.72. The maximum absolute atomic E-state index is 13.9. The Kier molecular flexibility index (Phi) is 4.61. The Morgan fingerprint density at radius 1 is 1.19 bits per heavy atom. The monoisotopic (exact) mass is 355 g/mol. The Hall–Kier alpha value is -2.44. The molecule has 136 valence electrons. The highest BCUT2D eigenvalue weighted by atomic mass is 19.1. The van der Waals surface area contributed by atoms with Gasteiger partial charge >= 0.3 is 0 Å². The lowest BCUT2D eigenvalue weighted by molar-refractivity contribution is -0.0273. The van der Waals surface area contributed by atoms with Gasteiger partial charge in [-0.2, -0.15) is 0 Å².